The van der Waals surface area contributed by atoms with Crippen LogP contribution >= 0.6 is 0 Å². The normalized spacial score (nSPS) is 17.4. The minimum absolute atomic E-state index is 0.000103. The Morgan fingerprint density at radius 3 is 2.67 bits per heavy atom. The number of sulfonamides is 1. The molecule has 1 aromatic rings. The Balaban J connectivity index is 2.11. The molecular formula is C11H17N3O3S. The van der Waals surface area contributed by atoms with E-state index >= 15 is 0 Å². The minimum atomic E-state index is -3.74. The van der Waals surface area contributed by atoms with Crippen LogP contribution in [0.4, 0.5) is 11.4 Å². The second-order valence-electron chi connectivity index (χ2n) is 4.58. The molecule has 2 rings (SSSR count). The van der Waals surface area contributed by atoms with Gasteiger partial charge in [0, 0.05) is 6.54 Å². The monoisotopic (exact) mass is 271 g/mol. The lowest BCUT2D eigenvalue weighted by molar-refractivity contribution is 0.164. The molecule has 0 bridgehead atoms. The van der Waals surface area contributed by atoms with Crippen LogP contribution in [0.25, 0.3) is 0 Å². The van der Waals surface area contributed by atoms with Gasteiger partial charge >= 0.3 is 0 Å². The van der Waals surface area contributed by atoms with E-state index in [1.807, 2.05) is 0 Å². The summed E-state index contributed by atoms with van der Waals surface area (Å²) in [5.74, 6) is 0.347. The van der Waals surface area contributed by atoms with Crippen molar-refractivity contribution in [2.75, 3.05) is 17.6 Å². The van der Waals surface area contributed by atoms with Crippen molar-refractivity contribution in [2.45, 2.75) is 23.8 Å². The van der Waals surface area contributed by atoms with Crippen LogP contribution in [-0.4, -0.2) is 26.2 Å². The van der Waals surface area contributed by atoms with E-state index in [0.29, 0.717) is 23.8 Å². The number of aliphatic hydroxyl groups is 1. The van der Waals surface area contributed by atoms with Crippen molar-refractivity contribution in [2.24, 2.45) is 11.1 Å². The molecule has 0 aromatic heterocycles. The van der Waals surface area contributed by atoms with Crippen molar-refractivity contribution < 1.29 is 13.5 Å². The number of aliphatic hydroxyl groups excluding tert-OH is 1. The van der Waals surface area contributed by atoms with Crippen LogP contribution < -0.4 is 16.2 Å². The summed E-state index contributed by atoms with van der Waals surface area (Å²) in [6.07, 6.45) is 1.65. The smallest absolute Gasteiger partial charge is 0.238 e. The van der Waals surface area contributed by atoms with Gasteiger partial charge in [-0.15, -0.1) is 0 Å². The number of benzene rings is 1. The highest BCUT2D eigenvalue weighted by molar-refractivity contribution is 7.89. The fraction of sp³-hybridized carbons (Fsp3) is 0.455. The molecule has 1 fully saturated rings. The molecule has 7 heteroatoms. The van der Waals surface area contributed by atoms with E-state index in [1.54, 1.807) is 0 Å². The Bertz CT molecular complexity index is 540. The van der Waals surface area contributed by atoms with Crippen LogP contribution in [0.3, 0.4) is 0 Å². The van der Waals surface area contributed by atoms with Gasteiger partial charge in [0.25, 0.3) is 0 Å². The fourth-order valence-electron chi connectivity index (χ4n) is 1.73. The second kappa shape index (κ2) is 4.75. The molecular weight excluding hydrogens is 254 g/mol. The average molecular weight is 271 g/mol. The van der Waals surface area contributed by atoms with Gasteiger partial charge in [-0.25, -0.2) is 13.6 Å². The third kappa shape index (κ3) is 3.12. The Labute approximate surface area is 106 Å². The first kappa shape index (κ1) is 13.1. The summed E-state index contributed by atoms with van der Waals surface area (Å²) in [6, 6.07) is 4.21. The molecule has 0 radical (unpaired) electrons. The zero-order valence-corrected chi connectivity index (χ0v) is 10.7. The fourth-order valence-corrected chi connectivity index (χ4v) is 2.27. The third-order valence-electron chi connectivity index (χ3n) is 3.02. The molecule has 1 aliphatic rings. The Hall–Kier alpha value is -1.31. The van der Waals surface area contributed by atoms with Crippen LogP contribution in [0, 0.1) is 5.92 Å². The molecule has 6 nitrogen and oxygen atoms in total. The zero-order chi connectivity index (χ0) is 13.3. The second-order valence-corrected chi connectivity index (χ2v) is 6.14. The topological polar surface area (TPSA) is 118 Å². The predicted molar refractivity (Wildman–Crippen MR) is 69.4 cm³/mol. The lowest BCUT2D eigenvalue weighted by Crippen LogP contribution is -2.22. The SMILES string of the molecule is Nc1ccc(S(N)(=O)=O)cc1NCC(O)C1CC1. The Kier molecular flexibility index (Phi) is 3.47. The quantitative estimate of drug-likeness (QED) is 0.566. The van der Waals surface area contributed by atoms with E-state index in [1.165, 1.54) is 18.2 Å². The van der Waals surface area contributed by atoms with E-state index < -0.39 is 16.1 Å². The molecule has 1 aliphatic carbocycles. The first-order chi connectivity index (χ1) is 8.38. The van der Waals surface area contributed by atoms with E-state index in [9.17, 15) is 13.5 Å². The number of hydrogen-bond donors (Lipinski definition) is 4. The van der Waals surface area contributed by atoms with Crippen molar-refractivity contribution in [3.8, 4) is 0 Å². The summed E-state index contributed by atoms with van der Waals surface area (Å²) in [5, 5.41) is 17.7. The molecule has 6 N–H and O–H groups in total. The van der Waals surface area contributed by atoms with Gasteiger partial charge in [-0.1, -0.05) is 0 Å². The van der Waals surface area contributed by atoms with Gasteiger partial charge in [-0.05, 0) is 37.0 Å². The van der Waals surface area contributed by atoms with Crippen LogP contribution in [0.5, 0.6) is 0 Å². The number of nitrogens with one attached hydrogen (secondary N) is 1. The van der Waals surface area contributed by atoms with Gasteiger partial charge in [-0.2, -0.15) is 0 Å². The van der Waals surface area contributed by atoms with E-state index in [2.05, 4.69) is 5.32 Å². The van der Waals surface area contributed by atoms with Crippen LogP contribution in [0.15, 0.2) is 23.1 Å². The Morgan fingerprint density at radius 2 is 2.11 bits per heavy atom. The van der Waals surface area contributed by atoms with Crippen molar-refractivity contribution >= 4 is 21.4 Å². The number of anilines is 2. The summed E-state index contributed by atoms with van der Waals surface area (Å²) >= 11 is 0. The molecule has 1 aromatic carbocycles. The van der Waals surface area contributed by atoms with Gasteiger partial charge < -0.3 is 16.2 Å². The third-order valence-corrected chi connectivity index (χ3v) is 3.93. The van der Waals surface area contributed by atoms with Gasteiger partial charge in [0.15, 0.2) is 0 Å². The molecule has 18 heavy (non-hydrogen) atoms. The standard InChI is InChI=1S/C11H17N3O3S/c12-9-4-3-8(18(13,16)17)5-10(9)14-6-11(15)7-1-2-7/h3-5,7,11,14-15H,1-2,6,12H2,(H2,13,16,17). The maximum absolute atomic E-state index is 11.2. The molecule has 100 valence electrons. The number of primary sulfonamides is 1. The molecule has 0 saturated heterocycles. The summed E-state index contributed by atoms with van der Waals surface area (Å²) in [4.78, 5) is 0.000103. The summed E-state index contributed by atoms with van der Waals surface area (Å²) in [7, 11) is -3.74. The molecule has 0 amide bonds. The van der Waals surface area contributed by atoms with Crippen molar-refractivity contribution in [3.05, 3.63) is 18.2 Å². The number of nitrogens with two attached hydrogens (primary N) is 2. The molecule has 0 spiro atoms. The van der Waals surface area contributed by atoms with Gasteiger partial charge in [0.1, 0.15) is 0 Å². The van der Waals surface area contributed by atoms with Crippen molar-refractivity contribution in [1.82, 2.24) is 0 Å². The average Bonchev–Trinajstić information content (AvgIpc) is 3.09. The molecule has 1 atom stereocenters. The zero-order valence-electron chi connectivity index (χ0n) is 9.83. The van der Waals surface area contributed by atoms with E-state index in [-0.39, 0.29) is 4.90 Å². The largest absolute Gasteiger partial charge is 0.397 e. The van der Waals surface area contributed by atoms with Crippen molar-refractivity contribution in [1.29, 1.82) is 0 Å². The minimum Gasteiger partial charge on any atom is -0.397 e. The first-order valence-corrected chi connectivity index (χ1v) is 7.27. The Morgan fingerprint density at radius 1 is 1.44 bits per heavy atom. The highest BCUT2D eigenvalue weighted by Gasteiger charge is 2.29. The van der Waals surface area contributed by atoms with Crippen molar-refractivity contribution in [3.63, 3.8) is 0 Å². The van der Waals surface area contributed by atoms with E-state index in [0.717, 1.165) is 12.8 Å². The highest BCUT2D eigenvalue weighted by Crippen LogP contribution is 2.33. The van der Waals surface area contributed by atoms with Gasteiger partial charge in [0.05, 0.1) is 22.4 Å². The highest BCUT2D eigenvalue weighted by atomic mass is 32.2. The molecule has 1 saturated carbocycles. The van der Waals surface area contributed by atoms with Crippen LogP contribution in [0.1, 0.15) is 12.8 Å². The predicted octanol–water partition coefficient (Wildman–Crippen LogP) is 0.0990. The maximum atomic E-state index is 11.2. The first-order valence-electron chi connectivity index (χ1n) is 5.72. The molecule has 0 aliphatic heterocycles. The number of hydrogen-bond acceptors (Lipinski definition) is 5. The number of rotatable bonds is 5. The maximum Gasteiger partial charge on any atom is 0.238 e. The lowest BCUT2D eigenvalue weighted by Gasteiger charge is -2.14. The van der Waals surface area contributed by atoms with Gasteiger partial charge in [0.2, 0.25) is 10.0 Å². The summed E-state index contributed by atoms with van der Waals surface area (Å²) in [6.45, 7) is 0.350. The summed E-state index contributed by atoms with van der Waals surface area (Å²) < 4.78 is 22.4. The van der Waals surface area contributed by atoms with Gasteiger partial charge in [-0.3, -0.25) is 0 Å². The lowest BCUT2D eigenvalue weighted by atomic mass is 10.2. The van der Waals surface area contributed by atoms with Crippen LogP contribution in [0.2, 0.25) is 0 Å². The van der Waals surface area contributed by atoms with Crippen LogP contribution in [-0.2, 0) is 10.0 Å². The molecule has 1 unspecified atom stereocenters. The number of nitrogen functional groups attached to an aromatic ring is 1. The molecule has 0 heterocycles. The summed E-state index contributed by atoms with van der Waals surface area (Å²) in [5.41, 5.74) is 6.63. The van der Waals surface area contributed by atoms with E-state index in [4.69, 9.17) is 10.9 Å².